The minimum Gasteiger partial charge on any atom is -0.374 e. The molecule has 0 N–H and O–H groups in total. The molecule has 1 nitrogen and oxygen atoms in total. The predicted molar refractivity (Wildman–Crippen MR) is 52.4 cm³/mol. The lowest BCUT2D eigenvalue weighted by atomic mass is 10.1. The molecule has 1 saturated carbocycles. The van der Waals surface area contributed by atoms with Crippen LogP contribution in [0, 0.1) is 0 Å². The lowest BCUT2D eigenvalue weighted by Crippen LogP contribution is -2.29. The maximum absolute atomic E-state index is 5.94. The Hall–Kier alpha value is -0.170. The van der Waals surface area contributed by atoms with Gasteiger partial charge in [-0.3, -0.25) is 0 Å². The number of allylic oxidation sites excluding steroid dienone is 2. The molecular weight excluding hydrogens is 170 g/mol. The molecule has 1 saturated heterocycles. The Balaban J connectivity index is 2.00. The Morgan fingerprint density at radius 3 is 2.33 bits per heavy atom. The maximum Gasteiger partial charge on any atom is 0.0623 e. The highest BCUT2D eigenvalue weighted by molar-refractivity contribution is 6.19. The molecule has 0 bridgehead atoms. The van der Waals surface area contributed by atoms with Gasteiger partial charge in [-0.2, -0.15) is 0 Å². The van der Waals surface area contributed by atoms with E-state index in [0.29, 0.717) is 0 Å². The molecule has 68 valence electrons. The minimum atomic E-state index is 0.731. The van der Waals surface area contributed by atoms with E-state index in [1.54, 1.807) is 5.57 Å². The molecular formula is C10H16ClN. The Labute approximate surface area is 79.4 Å². The molecule has 0 atom stereocenters. The summed E-state index contributed by atoms with van der Waals surface area (Å²) in [7, 11) is 0. The quantitative estimate of drug-likeness (QED) is 0.598. The monoisotopic (exact) mass is 185 g/mol. The van der Waals surface area contributed by atoms with Gasteiger partial charge in [0.05, 0.1) is 5.88 Å². The standard InChI is InChI=1S/C10H16ClN/c11-8-10(9-4-5-9)12-6-2-1-3-7-12/h1-8H2. The Morgan fingerprint density at radius 2 is 1.83 bits per heavy atom. The van der Waals surface area contributed by atoms with Crippen LogP contribution in [0.25, 0.3) is 0 Å². The number of nitrogens with zero attached hydrogens (tertiary/aromatic N) is 1. The minimum absolute atomic E-state index is 0.731. The highest BCUT2D eigenvalue weighted by atomic mass is 35.5. The smallest absolute Gasteiger partial charge is 0.0623 e. The lowest BCUT2D eigenvalue weighted by Gasteiger charge is -2.30. The van der Waals surface area contributed by atoms with Gasteiger partial charge in [0, 0.05) is 18.8 Å². The van der Waals surface area contributed by atoms with Gasteiger partial charge in [0.25, 0.3) is 0 Å². The van der Waals surface area contributed by atoms with Gasteiger partial charge in [-0.1, -0.05) is 0 Å². The van der Waals surface area contributed by atoms with Crippen molar-refractivity contribution in [1.29, 1.82) is 0 Å². The average molecular weight is 186 g/mol. The van der Waals surface area contributed by atoms with E-state index < -0.39 is 0 Å². The first-order valence-electron chi connectivity index (χ1n) is 4.93. The number of hydrogen-bond donors (Lipinski definition) is 0. The average Bonchev–Trinajstić information content (AvgIpc) is 2.92. The van der Waals surface area contributed by atoms with Crippen molar-refractivity contribution in [2.75, 3.05) is 19.0 Å². The van der Waals surface area contributed by atoms with Crippen molar-refractivity contribution in [3.05, 3.63) is 11.3 Å². The maximum atomic E-state index is 5.94. The first-order valence-corrected chi connectivity index (χ1v) is 5.47. The third-order valence-corrected chi connectivity index (χ3v) is 3.03. The largest absolute Gasteiger partial charge is 0.374 e. The fraction of sp³-hybridized carbons (Fsp3) is 0.800. The van der Waals surface area contributed by atoms with E-state index >= 15 is 0 Å². The first-order chi connectivity index (χ1) is 5.92. The van der Waals surface area contributed by atoms with Crippen LogP contribution in [-0.4, -0.2) is 23.9 Å². The van der Waals surface area contributed by atoms with Crippen LogP contribution in [-0.2, 0) is 0 Å². The van der Waals surface area contributed by atoms with Gasteiger partial charge < -0.3 is 4.90 Å². The van der Waals surface area contributed by atoms with E-state index in [4.69, 9.17) is 11.6 Å². The molecule has 0 aromatic rings. The molecule has 1 aliphatic heterocycles. The number of alkyl halides is 1. The molecule has 0 amide bonds. The van der Waals surface area contributed by atoms with Gasteiger partial charge >= 0.3 is 0 Å². The molecule has 0 aromatic carbocycles. The number of rotatable bonds is 2. The summed E-state index contributed by atoms with van der Waals surface area (Å²) in [6.45, 7) is 2.48. The summed E-state index contributed by atoms with van der Waals surface area (Å²) < 4.78 is 0. The van der Waals surface area contributed by atoms with Crippen LogP contribution < -0.4 is 0 Å². The molecule has 1 heterocycles. The van der Waals surface area contributed by atoms with Gasteiger partial charge in [0.1, 0.15) is 0 Å². The number of halogens is 1. The zero-order valence-corrected chi connectivity index (χ0v) is 8.24. The number of piperidine rings is 1. The summed E-state index contributed by atoms with van der Waals surface area (Å²) in [6, 6.07) is 0. The van der Waals surface area contributed by atoms with Crippen LogP contribution in [0.1, 0.15) is 32.1 Å². The van der Waals surface area contributed by atoms with E-state index in [-0.39, 0.29) is 0 Å². The molecule has 2 aliphatic rings. The van der Waals surface area contributed by atoms with Crippen LogP contribution in [0.5, 0.6) is 0 Å². The molecule has 0 spiro atoms. The summed E-state index contributed by atoms with van der Waals surface area (Å²) >= 11 is 5.94. The summed E-state index contributed by atoms with van der Waals surface area (Å²) in [6.07, 6.45) is 6.72. The highest BCUT2D eigenvalue weighted by Gasteiger charge is 2.22. The highest BCUT2D eigenvalue weighted by Crippen LogP contribution is 2.34. The van der Waals surface area contributed by atoms with Crippen molar-refractivity contribution in [1.82, 2.24) is 4.90 Å². The van der Waals surface area contributed by atoms with Crippen LogP contribution >= 0.6 is 11.6 Å². The molecule has 0 radical (unpaired) electrons. The van der Waals surface area contributed by atoms with E-state index in [0.717, 1.165) is 5.88 Å². The molecule has 2 rings (SSSR count). The third-order valence-electron chi connectivity index (χ3n) is 2.77. The molecule has 2 heteroatoms. The van der Waals surface area contributed by atoms with Crippen molar-refractivity contribution in [3.63, 3.8) is 0 Å². The second-order valence-electron chi connectivity index (χ2n) is 3.73. The Bertz CT molecular complexity index is 186. The molecule has 0 aromatic heterocycles. The number of hydrogen-bond acceptors (Lipinski definition) is 1. The van der Waals surface area contributed by atoms with Gasteiger partial charge in [0.2, 0.25) is 0 Å². The zero-order valence-electron chi connectivity index (χ0n) is 7.48. The fourth-order valence-corrected chi connectivity index (χ4v) is 2.28. The van der Waals surface area contributed by atoms with Crippen molar-refractivity contribution in [3.8, 4) is 0 Å². The summed E-state index contributed by atoms with van der Waals surface area (Å²) in [5, 5.41) is 0. The van der Waals surface area contributed by atoms with Crippen molar-refractivity contribution in [2.45, 2.75) is 32.1 Å². The van der Waals surface area contributed by atoms with E-state index in [2.05, 4.69) is 4.90 Å². The Morgan fingerprint density at radius 1 is 1.17 bits per heavy atom. The van der Waals surface area contributed by atoms with Gasteiger partial charge in [-0.05, 0) is 37.7 Å². The SMILES string of the molecule is ClCC(=C1CC1)N1CCCCC1. The Kier molecular flexibility index (Phi) is 2.60. The van der Waals surface area contributed by atoms with Crippen LogP contribution in [0.2, 0.25) is 0 Å². The predicted octanol–water partition coefficient (Wildman–Crippen LogP) is 2.76. The zero-order chi connectivity index (χ0) is 8.39. The van der Waals surface area contributed by atoms with Crippen molar-refractivity contribution >= 4 is 11.6 Å². The van der Waals surface area contributed by atoms with Crippen LogP contribution in [0.15, 0.2) is 11.3 Å². The lowest BCUT2D eigenvalue weighted by molar-refractivity contribution is 0.285. The third kappa shape index (κ3) is 1.77. The summed E-state index contributed by atoms with van der Waals surface area (Å²) in [5.74, 6) is 0.731. The van der Waals surface area contributed by atoms with Crippen LogP contribution in [0.4, 0.5) is 0 Å². The molecule has 12 heavy (non-hydrogen) atoms. The second-order valence-corrected chi connectivity index (χ2v) is 4.00. The van der Waals surface area contributed by atoms with Crippen LogP contribution in [0.3, 0.4) is 0 Å². The molecule has 0 unspecified atom stereocenters. The van der Waals surface area contributed by atoms with Gasteiger partial charge in [-0.25, -0.2) is 0 Å². The molecule has 1 aliphatic carbocycles. The fourth-order valence-electron chi connectivity index (χ4n) is 1.92. The van der Waals surface area contributed by atoms with Crippen molar-refractivity contribution < 1.29 is 0 Å². The summed E-state index contributed by atoms with van der Waals surface area (Å²) in [5.41, 5.74) is 3.07. The van der Waals surface area contributed by atoms with E-state index in [1.807, 2.05) is 0 Å². The van der Waals surface area contributed by atoms with Gasteiger partial charge in [-0.15, -0.1) is 11.6 Å². The summed E-state index contributed by atoms with van der Waals surface area (Å²) in [4.78, 5) is 2.50. The van der Waals surface area contributed by atoms with Crippen molar-refractivity contribution in [2.24, 2.45) is 0 Å². The molecule has 2 fully saturated rings. The number of likely N-dealkylation sites (tertiary alicyclic amines) is 1. The van der Waals surface area contributed by atoms with E-state index in [9.17, 15) is 0 Å². The normalized spacial score (nSPS) is 22.8. The topological polar surface area (TPSA) is 3.24 Å². The van der Waals surface area contributed by atoms with Gasteiger partial charge in [0.15, 0.2) is 0 Å². The first kappa shape index (κ1) is 8.43. The second kappa shape index (κ2) is 3.69. The van der Waals surface area contributed by atoms with E-state index in [1.165, 1.54) is 50.9 Å².